The summed E-state index contributed by atoms with van der Waals surface area (Å²) in [5.74, 6) is -0.916. The fourth-order valence-electron chi connectivity index (χ4n) is 5.16. The molecule has 0 radical (unpaired) electrons. The molecule has 0 unspecified atom stereocenters. The third-order valence-corrected chi connectivity index (χ3v) is 6.70. The van der Waals surface area contributed by atoms with Crippen LogP contribution in [0.25, 0.3) is 0 Å². The molecule has 2 atom stereocenters. The number of amides is 1. The molecule has 0 bridgehead atoms. The highest BCUT2D eigenvalue weighted by Crippen LogP contribution is 2.34. The first-order valence-electron chi connectivity index (χ1n) is 13.2. The van der Waals surface area contributed by atoms with E-state index in [0.29, 0.717) is 24.6 Å². The van der Waals surface area contributed by atoms with Gasteiger partial charge in [0.2, 0.25) is 5.91 Å². The summed E-state index contributed by atoms with van der Waals surface area (Å²) in [6.07, 6.45) is 4.71. The summed E-state index contributed by atoms with van der Waals surface area (Å²) in [5.41, 5.74) is 12.4. The number of unbranched alkanes of at least 4 members (excludes halogenated alkanes) is 1. The van der Waals surface area contributed by atoms with Crippen molar-refractivity contribution in [2.45, 2.75) is 78.4 Å². The van der Waals surface area contributed by atoms with Crippen LogP contribution in [0.3, 0.4) is 0 Å². The molecule has 0 saturated carbocycles. The van der Waals surface area contributed by atoms with Gasteiger partial charge in [0.15, 0.2) is 0 Å². The maximum atomic E-state index is 13.7. The van der Waals surface area contributed by atoms with Crippen LogP contribution in [0.2, 0.25) is 0 Å². The zero-order chi connectivity index (χ0) is 26.2. The summed E-state index contributed by atoms with van der Waals surface area (Å²) in [6, 6.07) is 7.23. The predicted octanol–water partition coefficient (Wildman–Crippen LogP) is 4.49. The number of hydrogen-bond donors (Lipinski definition) is 3. The molecule has 2 aromatic carbocycles. The fraction of sp³-hybridized carbons (Fsp3) is 0.552. The highest BCUT2D eigenvalue weighted by Gasteiger charge is 2.24. The van der Waals surface area contributed by atoms with Crippen molar-refractivity contribution in [1.82, 2.24) is 10.6 Å². The first-order chi connectivity index (χ1) is 17.2. The Balaban J connectivity index is 1.72. The Morgan fingerprint density at radius 1 is 1.08 bits per heavy atom. The smallest absolute Gasteiger partial charge is 0.217 e. The molecule has 5 nitrogen and oxygen atoms in total. The van der Waals surface area contributed by atoms with E-state index in [1.807, 2.05) is 0 Å². The van der Waals surface area contributed by atoms with E-state index in [0.717, 1.165) is 32.0 Å². The number of anilines is 1. The Bertz CT molecular complexity index is 1010. The molecule has 1 aliphatic rings. The van der Waals surface area contributed by atoms with Crippen molar-refractivity contribution in [2.24, 2.45) is 11.7 Å². The second-order valence-corrected chi connectivity index (χ2v) is 10.5. The van der Waals surface area contributed by atoms with Crippen molar-refractivity contribution in [3.63, 3.8) is 0 Å². The van der Waals surface area contributed by atoms with Crippen LogP contribution in [-0.4, -0.2) is 37.6 Å². The minimum Gasteiger partial charge on any atom is -0.371 e. The van der Waals surface area contributed by atoms with Gasteiger partial charge in [0, 0.05) is 56.9 Å². The largest absolute Gasteiger partial charge is 0.371 e. The second-order valence-electron chi connectivity index (χ2n) is 10.5. The van der Waals surface area contributed by atoms with E-state index in [1.54, 1.807) is 0 Å². The predicted molar refractivity (Wildman–Crippen MR) is 143 cm³/mol. The first-order valence-corrected chi connectivity index (χ1v) is 13.2. The van der Waals surface area contributed by atoms with Crippen LogP contribution in [0.5, 0.6) is 0 Å². The molecule has 1 amide bonds. The fourth-order valence-corrected chi connectivity index (χ4v) is 5.16. The van der Waals surface area contributed by atoms with Crippen molar-refractivity contribution >= 4 is 11.6 Å². The van der Waals surface area contributed by atoms with Gasteiger partial charge in [0.05, 0.1) is 0 Å². The number of nitrogens with two attached hydrogens (primary N) is 1. The van der Waals surface area contributed by atoms with Crippen LogP contribution in [0, 0.1) is 17.6 Å². The van der Waals surface area contributed by atoms with Crippen LogP contribution in [0.4, 0.5) is 14.5 Å². The van der Waals surface area contributed by atoms with E-state index in [4.69, 9.17) is 5.73 Å². The topological polar surface area (TPSA) is 70.4 Å². The monoisotopic (exact) mass is 500 g/mol. The van der Waals surface area contributed by atoms with Gasteiger partial charge in [-0.15, -0.1) is 0 Å². The normalized spacial score (nSPS) is 14.7. The van der Waals surface area contributed by atoms with Crippen LogP contribution < -0.4 is 21.3 Å². The first kappa shape index (κ1) is 28.1. The Morgan fingerprint density at radius 3 is 2.42 bits per heavy atom. The summed E-state index contributed by atoms with van der Waals surface area (Å²) >= 11 is 0. The summed E-state index contributed by atoms with van der Waals surface area (Å²) < 4.78 is 27.4. The molecule has 2 aromatic rings. The summed E-state index contributed by atoms with van der Waals surface area (Å²) in [4.78, 5) is 14.3. The Labute approximate surface area is 214 Å². The van der Waals surface area contributed by atoms with Gasteiger partial charge in [0.1, 0.15) is 11.6 Å². The van der Waals surface area contributed by atoms with E-state index in [9.17, 15) is 13.6 Å². The molecule has 0 aromatic heterocycles. The van der Waals surface area contributed by atoms with Crippen LogP contribution >= 0.6 is 0 Å². The lowest BCUT2D eigenvalue weighted by Gasteiger charge is -2.26. The molecule has 36 heavy (non-hydrogen) atoms. The van der Waals surface area contributed by atoms with Gasteiger partial charge >= 0.3 is 0 Å². The van der Waals surface area contributed by atoms with Crippen LogP contribution in [-0.2, 0) is 30.6 Å². The Morgan fingerprint density at radius 2 is 1.78 bits per heavy atom. The zero-order valence-electron chi connectivity index (χ0n) is 22.2. The van der Waals surface area contributed by atoms with E-state index in [-0.39, 0.29) is 12.3 Å². The number of benzene rings is 2. The SMILES string of the molecule is CCCCN1CCc2cc(CC(C)C)cc(CNC[C@H](N)[C@H](Cc3cc(F)cc(F)c3)NC(C)=O)c21. The standard InChI is InChI=1S/C29H42F2N4O/c1-5-6-8-35-9-7-23-11-21(10-19(2)3)12-24(29(23)35)17-33-18-27(32)28(34-20(4)36)15-22-13-25(30)16-26(31)14-22/h11-14,16,19,27-28,33H,5-10,15,17-18,32H2,1-4H3,(H,34,36)/t27-,28-/m0/s1. The van der Waals surface area contributed by atoms with Gasteiger partial charge in [-0.3, -0.25) is 4.79 Å². The molecule has 0 spiro atoms. The summed E-state index contributed by atoms with van der Waals surface area (Å²) in [7, 11) is 0. The van der Waals surface area contributed by atoms with Crippen molar-refractivity contribution in [3.8, 4) is 0 Å². The highest BCUT2D eigenvalue weighted by molar-refractivity contribution is 5.73. The third kappa shape index (κ3) is 8.00. The number of fused-ring (bicyclic) bond motifs is 1. The molecule has 4 N–H and O–H groups in total. The molecule has 198 valence electrons. The quantitative estimate of drug-likeness (QED) is 0.379. The minimum absolute atomic E-state index is 0.224. The maximum absolute atomic E-state index is 13.7. The van der Waals surface area contributed by atoms with Crippen LogP contribution in [0.1, 0.15) is 62.8 Å². The van der Waals surface area contributed by atoms with Gasteiger partial charge in [-0.05, 0) is 66.0 Å². The van der Waals surface area contributed by atoms with Gasteiger partial charge < -0.3 is 21.3 Å². The Hall–Kier alpha value is -2.51. The van der Waals surface area contributed by atoms with Crippen LogP contribution in [0.15, 0.2) is 30.3 Å². The van der Waals surface area contributed by atoms with E-state index in [2.05, 4.69) is 48.4 Å². The average Bonchev–Trinajstić information content (AvgIpc) is 3.18. The summed E-state index contributed by atoms with van der Waals surface area (Å²) in [5, 5.41) is 6.36. The molecule has 1 heterocycles. The molecule has 0 saturated heterocycles. The molecule has 0 fully saturated rings. The van der Waals surface area contributed by atoms with Crippen molar-refractivity contribution < 1.29 is 13.6 Å². The lowest BCUT2D eigenvalue weighted by molar-refractivity contribution is -0.119. The molecular weight excluding hydrogens is 458 g/mol. The molecule has 7 heteroatoms. The summed E-state index contributed by atoms with van der Waals surface area (Å²) in [6.45, 7) is 11.4. The average molecular weight is 501 g/mol. The van der Waals surface area contributed by atoms with Crippen molar-refractivity contribution in [2.75, 3.05) is 24.5 Å². The molecule has 3 rings (SSSR count). The number of nitrogens with zero attached hydrogens (tertiary/aromatic N) is 1. The van der Waals surface area contributed by atoms with Gasteiger partial charge in [-0.25, -0.2) is 8.78 Å². The van der Waals surface area contributed by atoms with Crippen molar-refractivity contribution in [1.29, 1.82) is 0 Å². The van der Waals surface area contributed by atoms with E-state index < -0.39 is 23.7 Å². The number of carbonyl (C=O) groups is 1. The van der Waals surface area contributed by atoms with Gasteiger partial charge in [-0.1, -0.05) is 39.3 Å². The highest BCUT2D eigenvalue weighted by atomic mass is 19.1. The van der Waals surface area contributed by atoms with Gasteiger partial charge in [0.25, 0.3) is 0 Å². The number of hydrogen-bond acceptors (Lipinski definition) is 4. The third-order valence-electron chi connectivity index (χ3n) is 6.70. The van der Waals surface area contributed by atoms with Gasteiger partial charge in [-0.2, -0.15) is 0 Å². The van der Waals surface area contributed by atoms with E-state index in [1.165, 1.54) is 54.3 Å². The molecular formula is C29H42F2N4O. The number of carbonyl (C=O) groups excluding carboxylic acids is 1. The second kappa shape index (κ2) is 13.2. The maximum Gasteiger partial charge on any atom is 0.217 e. The van der Waals surface area contributed by atoms with Crippen molar-refractivity contribution in [3.05, 3.63) is 64.2 Å². The van der Waals surface area contributed by atoms with E-state index >= 15 is 0 Å². The minimum atomic E-state index is -0.638. The lowest BCUT2D eigenvalue weighted by atomic mass is 9.96. The Kier molecular flexibility index (Phi) is 10.3. The number of rotatable bonds is 13. The lowest BCUT2D eigenvalue weighted by Crippen LogP contribution is -2.52. The zero-order valence-corrected chi connectivity index (χ0v) is 22.2. The molecule has 0 aliphatic carbocycles. The number of halogens is 2. The number of nitrogens with one attached hydrogen (secondary N) is 2. The molecule has 1 aliphatic heterocycles.